The minimum atomic E-state index is -0.288. The summed E-state index contributed by atoms with van der Waals surface area (Å²) in [5, 5.41) is 0. The van der Waals surface area contributed by atoms with Gasteiger partial charge in [0.05, 0.1) is 6.42 Å². The summed E-state index contributed by atoms with van der Waals surface area (Å²) in [6, 6.07) is 7.57. The summed E-state index contributed by atoms with van der Waals surface area (Å²) < 4.78 is 11.0. The largest absolute Gasteiger partial charge is 0.492 e. The maximum Gasteiger partial charge on any atom is 0.251 e. The molecular weight excluding hydrogens is 346 g/mol. The minimum absolute atomic E-state index is 0.0755. The van der Waals surface area contributed by atoms with Gasteiger partial charge in [0.25, 0.3) is 5.91 Å². The van der Waals surface area contributed by atoms with Crippen LogP contribution in [0, 0.1) is 0 Å². The second kappa shape index (κ2) is 9.71. The van der Waals surface area contributed by atoms with E-state index in [-0.39, 0.29) is 17.9 Å². The molecule has 1 aromatic carbocycles. The molecule has 1 aromatic rings. The lowest BCUT2D eigenvalue weighted by atomic mass is 10.1. The van der Waals surface area contributed by atoms with Gasteiger partial charge >= 0.3 is 0 Å². The third kappa shape index (κ3) is 5.43. The molecule has 2 N–H and O–H groups in total. The van der Waals surface area contributed by atoms with Gasteiger partial charge in [-0.15, -0.1) is 0 Å². The van der Waals surface area contributed by atoms with Crippen molar-refractivity contribution in [2.24, 2.45) is 5.73 Å². The lowest BCUT2D eigenvalue weighted by molar-refractivity contribution is -0.141. The number of carbonyl (C=O) groups is 2. The first-order valence-electron chi connectivity index (χ1n) is 9.77. The highest BCUT2D eigenvalue weighted by atomic mass is 16.5. The van der Waals surface area contributed by atoms with Gasteiger partial charge in [-0.05, 0) is 37.0 Å². The molecule has 7 nitrogen and oxygen atoms in total. The molecule has 2 saturated heterocycles. The van der Waals surface area contributed by atoms with Crippen LogP contribution in [0.25, 0.3) is 0 Å². The van der Waals surface area contributed by atoms with Crippen molar-refractivity contribution in [3.8, 4) is 5.75 Å². The lowest BCUT2D eigenvalue weighted by Gasteiger charge is -2.24. The highest BCUT2D eigenvalue weighted by molar-refractivity contribution is 5.82. The summed E-state index contributed by atoms with van der Waals surface area (Å²) in [6.45, 7) is 4.09. The highest BCUT2D eigenvalue weighted by Gasteiger charge is 2.30. The average molecular weight is 375 g/mol. The van der Waals surface area contributed by atoms with Gasteiger partial charge in [0, 0.05) is 39.3 Å². The van der Waals surface area contributed by atoms with E-state index in [1.807, 2.05) is 34.1 Å². The molecule has 2 heterocycles. The number of carbonyl (C=O) groups excluding carboxylic acids is 2. The number of rotatable bonds is 6. The maximum absolute atomic E-state index is 12.7. The van der Waals surface area contributed by atoms with Crippen LogP contribution in [0.15, 0.2) is 24.3 Å². The second-order valence-electron chi connectivity index (χ2n) is 7.02. The molecule has 27 heavy (non-hydrogen) atoms. The molecule has 0 spiro atoms. The summed E-state index contributed by atoms with van der Waals surface area (Å²) in [6.07, 6.45) is 2.59. The van der Waals surface area contributed by atoms with Gasteiger partial charge in [-0.25, -0.2) is 0 Å². The number of ether oxygens (including phenoxy) is 2. The van der Waals surface area contributed by atoms with Gasteiger partial charge in [-0.3, -0.25) is 9.59 Å². The summed E-state index contributed by atoms with van der Waals surface area (Å²) >= 11 is 0. The molecular formula is C20H29N3O4. The second-order valence-corrected chi connectivity index (χ2v) is 7.02. The zero-order valence-electron chi connectivity index (χ0n) is 15.8. The molecule has 7 heteroatoms. The van der Waals surface area contributed by atoms with Crippen molar-refractivity contribution >= 4 is 11.8 Å². The van der Waals surface area contributed by atoms with E-state index >= 15 is 0 Å². The summed E-state index contributed by atoms with van der Waals surface area (Å²) in [5.74, 6) is 0.888. The summed E-state index contributed by atoms with van der Waals surface area (Å²) in [5.41, 5.74) is 6.38. The Morgan fingerprint density at radius 3 is 2.74 bits per heavy atom. The van der Waals surface area contributed by atoms with Crippen molar-refractivity contribution < 1.29 is 19.1 Å². The topological polar surface area (TPSA) is 85.1 Å². The first-order chi connectivity index (χ1) is 13.2. The van der Waals surface area contributed by atoms with E-state index in [0.29, 0.717) is 52.4 Å². The number of hydrogen-bond acceptors (Lipinski definition) is 5. The van der Waals surface area contributed by atoms with Gasteiger partial charge in [-0.2, -0.15) is 0 Å². The van der Waals surface area contributed by atoms with Crippen LogP contribution in [0.3, 0.4) is 0 Å². The van der Waals surface area contributed by atoms with Crippen LogP contribution >= 0.6 is 0 Å². The molecule has 0 bridgehead atoms. The molecule has 2 fully saturated rings. The average Bonchev–Trinajstić information content (AvgIpc) is 3.10. The quantitative estimate of drug-likeness (QED) is 0.795. The third-order valence-electron chi connectivity index (χ3n) is 5.01. The van der Waals surface area contributed by atoms with Crippen LogP contribution in [-0.2, 0) is 20.7 Å². The van der Waals surface area contributed by atoms with E-state index in [1.165, 1.54) is 0 Å². The Morgan fingerprint density at radius 1 is 1.15 bits per heavy atom. The monoisotopic (exact) mass is 375 g/mol. The van der Waals surface area contributed by atoms with Crippen LogP contribution in [0.2, 0.25) is 0 Å². The molecule has 2 amide bonds. The van der Waals surface area contributed by atoms with Crippen molar-refractivity contribution in [2.45, 2.75) is 31.8 Å². The van der Waals surface area contributed by atoms with E-state index in [0.717, 1.165) is 30.6 Å². The normalized spacial score (nSPS) is 20.4. The van der Waals surface area contributed by atoms with E-state index in [4.69, 9.17) is 15.2 Å². The van der Waals surface area contributed by atoms with Crippen molar-refractivity contribution in [1.82, 2.24) is 9.80 Å². The predicted molar refractivity (Wildman–Crippen MR) is 101 cm³/mol. The molecule has 0 aromatic heterocycles. The Bertz CT molecular complexity index is 646. The molecule has 2 aliphatic rings. The number of nitrogens with zero attached hydrogens (tertiary/aromatic N) is 2. The van der Waals surface area contributed by atoms with E-state index < -0.39 is 0 Å². The van der Waals surface area contributed by atoms with Gasteiger partial charge in [-0.1, -0.05) is 12.1 Å². The molecule has 0 saturated carbocycles. The summed E-state index contributed by atoms with van der Waals surface area (Å²) in [7, 11) is 0. The van der Waals surface area contributed by atoms with Crippen LogP contribution in [0.5, 0.6) is 5.75 Å². The standard InChI is InChI=1S/C20H29N3O4/c21-7-13-26-17-5-1-4-16(14-17)15-19(24)22-8-3-9-23(11-10-22)20(25)18-6-2-12-27-18/h1,4-5,14,18H,2-3,6-13,15,21H2/t18-/m1/s1. The smallest absolute Gasteiger partial charge is 0.251 e. The summed E-state index contributed by atoms with van der Waals surface area (Å²) in [4.78, 5) is 28.9. The van der Waals surface area contributed by atoms with Crippen LogP contribution < -0.4 is 10.5 Å². The lowest BCUT2D eigenvalue weighted by Crippen LogP contribution is -2.42. The van der Waals surface area contributed by atoms with Crippen molar-refractivity contribution in [1.29, 1.82) is 0 Å². The number of nitrogens with two attached hydrogens (primary N) is 1. The van der Waals surface area contributed by atoms with Crippen molar-refractivity contribution in [3.63, 3.8) is 0 Å². The molecule has 0 unspecified atom stereocenters. The van der Waals surface area contributed by atoms with Crippen LogP contribution in [0.4, 0.5) is 0 Å². The Labute approximate surface area is 160 Å². The van der Waals surface area contributed by atoms with Gasteiger partial charge in [0.1, 0.15) is 18.5 Å². The van der Waals surface area contributed by atoms with Gasteiger partial charge < -0.3 is 25.0 Å². The van der Waals surface area contributed by atoms with Crippen molar-refractivity contribution in [3.05, 3.63) is 29.8 Å². The van der Waals surface area contributed by atoms with E-state index in [1.54, 1.807) is 0 Å². The zero-order chi connectivity index (χ0) is 19.1. The molecule has 3 rings (SSSR count). The fourth-order valence-corrected chi connectivity index (χ4v) is 3.57. The SMILES string of the molecule is NCCOc1cccc(CC(=O)N2CCCN(C(=O)[C@H]3CCCO3)CC2)c1. The Hall–Kier alpha value is -2.12. The number of amides is 2. The third-order valence-corrected chi connectivity index (χ3v) is 5.01. The highest BCUT2D eigenvalue weighted by Crippen LogP contribution is 2.17. The van der Waals surface area contributed by atoms with Gasteiger partial charge in [0.15, 0.2) is 0 Å². The molecule has 0 aliphatic carbocycles. The number of benzene rings is 1. The maximum atomic E-state index is 12.7. The number of hydrogen-bond donors (Lipinski definition) is 1. The van der Waals surface area contributed by atoms with Crippen LogP contribution in [0.1, 0.15) is 24.8 Å². The van der Waals surface area contributed by atoms with E-state index in [2.05, 4.69) is 0 Å². The molecule has 2 aliphatic heterocycles. The van der Waals surface area contributed by atoms with Crippen LogP contribution in [-0.4, -0.2) is 73.7 Å². The predicted octanol–water partition coefficient (Wildman–Crippen LogP) is 0.807. The molecule has 1 atom stereocenters. The van der Waals surface area contributed by atoms with E-state index in [9.17, 15) is 9.59 Å². The Morgan fingerprint density at radius 2 is 1.96 bits per heavy atom. The first-order valence-corrected chi connectivity index (χ1v) is 9.77. The fraction of sp³-hybridized carbons (Fsp3) is 0.600. The zero-order valence-corrected chi connectivity index (χ0v) is 15.8. The van der Waals surface area contributed by atoms with Gasteiger partial charge in [0.2, 0.25) is 5.91 Å². The first kappa shape index (κ1) is 19.6. The Balaban J connectivity index is 1.52. The molecule has 0 radical (unpaired) electrons. The fourth-order valence-electron chi connectivity index (χ4n) is 3.57. The Kier molecular flexibility index (Phi) is 7.06. The van der Waals surface area contributed by atoms with Crippen molar-refractivity contribution in [2.75, 3.05) is 45.9 Å². The minimum Gasteiger partial charge on any atom is -0.492 e. The molecule has 148 valence electrons.